The first-order chi connectivity index (χ1) is 6.80. The minimum absolute atomic E-state index is 0.0740. The SMILES string of the molecule is [2H]C(N)(C(=O)O)C([2H])([2H])c1ccccc1. The molecular weight excluding hydrogens is 154 g/mol. The lowest BCUT2D eigenvalue weighted by Crippen LogP contribution is -2.32. The van der Waals surface area contributed by atoms with Crippen molar-refractivity contribution in [2.45, 2.75) is 12.4 Å². The Morgan fingerprint density at radius 3 is 2.75 bits per heavy atom. The number of benzene rings is 1. The lowest BCUT2D eigenvalue weighted by Gasteiger charge is -2.04. The van der Waals surface area contributed by atoms with Crippen LogP contribution in [0.1, 0.15) is 9.68 Å². The van der Waals surface area contributed by atoms with Crippen molar-refractivity contribution < 1.29 is 14.0 Å². The van der Waals surface area contributed by atoms with Crippen LogP contribution in [0.15, 0.2) is 30.3 Å². The molecule has 0 saturated carbocycles. The van der Waals surface area contributed by atoms with E-state index in [1.807, 2.05) is 0 Å². The number of carbonyl (C=O) groups is 1. The molecule has 1 atom stereocenters. The zero-order valence-corrected chi connectivity index (χ0v) is 6.32. The second-order valence-electron chi connectivity index (χ2n) is 2.21. The number of hydrogen-bond acceptors (Lipinski definition) is 2. The number of carboxylic acids is 1. The molecule has 0 aliphatic carbocycles. The Morgan fingerprint density at radius 2 is 2.25 bits per heavy atom. The topological polar surface area (TPSA) is 63.3 Å². The van der Waals surface area contributed by atoms with Crippen LogP contribution in [0.2, 0.25) is 0 Å². The van der Waals surface area contributed by atoms with Crippen LogP contribution in [-0.4, -0.2) is 17.1 Å². The molecule has 1 aromatic carbocycles. The van der Waals surface area contributed by atoms with E-state index >= 15 is 0 Å². The highest BCUT2D eigenvalue weighted by atomic mass is 16.4. The summed E-state index contributed by atoms with van der Waals surface area (Å²) in [6.07, 6.45) is -2.44. The van der Waals surface area contributed by atoms with Gasteiger partial charge in [-0.2, -0.15) is 0 Å². The second kappa shape index (κ2) is 3.88. The molecule has 0 aliphatic rings. The van der Waals surface area contributed by atoms with Crippen molar-refractivity contribution in [3.05, 3.63) is 35.9 Å². The molecule has 0 aliphatic heterocycles. The van der Waals surface area contributed by atoms with Crippen LogP contribution in [0, 0.1) is 0 Å². The summed E-state index contributed by atoms with van der Waals surface area (Å²) in [5.41, 5.74) is 5.24. The van der Waals surface area contributed by atoms with Gasteiger partial charge in [-0.05, 0) is 11.9 Å². The molecule has 64 valence electrons. The highest BCUT2D eigenvalue weighted by Crippen LogP contribution is 2.01. The zero-order chi connectivity index (χ0) is 11.7. The van der Waals surface area contributed by atoms with Gasteiger partial charge in [0.2, 0.25) is 0 Å². The van der Waals surface area contributed by atoms with Crippen molar-refractivity contribution in [2.75, 3.05) is 0 Å². The molecule has 3 heteroatoms. The van der Waals surface area contributed by atoms with Crippen molar-refractivity contribution >= 4 is 5.97 Å². The van der Waals surface area contributed by atoms with Gasteiger partial charge < -0.3 is 10.8 Å². The van der Waals surface area contributed by atoms with Crippen LogP contribution in [0.3, 0.4) is 0 Å². The number of carboxylic acid groups (broad SMARTS) is 1. The quantitative estimate of drug-likeness (QED) is 0.696. The highest BCUT2D eigenvalue weighted by Gasteiger charge is 2.10. The van der Waals surface area contributed by atoms with E-state index in [-0.39, 0.29) is 5.56 Å². The summed E-state index contributed by atoms with van der Waals surface area (Å²) in [5, 5.41) is 8.69. The smallest absolute Gasteiger partial charge is 0.320 e. The average Bonchev–Trinajstić information content (AvgIpc) is 2.18. The molecule has 3 nitrogen and oxygen atoms in total. The number of rotatable bonds is 3. The molecule has 0 heterocycles. The molecule has 0 fully saturated rings. The van der Waals surface area contributed by atoms with Gasteiger partial charge in [-0.3, -0.25) is 4.79 Å². The van der Waals surface area contributed by atoms with Crippen molar-refractivity contribution in [1.82, 2.24) is 0 Å². The minimum Gasteiger partial charge on any atom is -0.480 e. The zero-order valence-electron chi connectivity index (χ0n) is 9.32. The number of aliphatic carboxylic acids is 1. The molecule has 0 saturated heterocycles. The van der Waals surface area contributed by atoms with Crippen molar-refractivity contribution in [3.63, 3.8) is 0 Å². The predicted molar refractivity (Wildman–Crippen MR) is 45.8 cm³/mol. The van der Waals surface area contributed by atoms with Crippen molar-refractivity contribution in [1.29, 1.82) is 0 Å². The van der Waals surface area contributed by atoms with Gasteiger partial charge >= 0.3 is 5.97 Å². The Labute approximate surface area is 75.0 Å². The molecule has 3 N–H and O–H groups in total. The molecule has 12 heavy (non-hydrogen) atoms. The number of hydrogen-bond donors (Lipinski definition) is 2. The van der Waals surface area contributed by atoms with Gasteiger partial charge in [-0.15, -0.1) is 0 Å². The fourth-order valence-electron chi connectivity index (χ4n) is 0.730. The van der Waals surface area contributed by atoms with Gasteiger partial charge in [-0.1, -0.05) is 30.3 Å². The van der Waals surface area contributed by atoms with Crippen LogP contribution in [0.5, 0.6) is 0 Å². The van der Waals surface area contributed by atoms with Gasteiger partial charge in [0.1, 0.15) is 6.02 Å². The van der Waals surface area contributed by atoms with E-state index in [1.54, 1.807) is 18.2 Å². The molecule has 1 rings (SSSR count). The fraction of sp³-hybridized carbons (Fsp3) is 0.222. The van der Waals surface area contributed by atoms with Gasteiger partial charge in [0.05, 0.1) is 1.37 Å². The molecule has 0 aromatic heterocycles. The third kappa shape index (κ3) is 2.36. The molecule has 0 amide bonds. The summed E-state index contributed by atoms with van der Waals surface area (Å²) < 4.78 is 22.5. The Bertz CT molecular complexity index is 365. The molecule has 0 bridgehead atoms. The van der Waals surface area contributed by atoms with E-state index in [4.69, 9.17) is 15.0 Å². The standard InChI is InChI=1S/C9H11NO2/c10-8(9(11)12)6-7-4-2-1-3-5-7/h1-5,8H,6,10H2,(H,11,12)/i6D2,8D. The van der Waals surface area contributed by atoms with E-state index in [0.717, 1.165) is 0 Å². The normalized spacial score (nSPS) is 19.9. The van der Waals surface area contributed by atoms with E-state index in [9.17, 15) is 4.79 Å². The van der Waals surface area contributed by atoms with Gasteiger partial charge in [0.25, 0.3) is 0 Å². The Kier molecular flexibility index (Phi) is 1.72. The van der Waals surface area contributed by atoms with Crippen LogP contribution >= 0.6 is 0 Å². The van der Waals surface area contributed by atoms with E-state index in [2.05, 4.69) is 0 Å². The Balaban J connectivity index is 3.19. The van der Waals surface area contributed by atoms with Crippen molar-refractivity contribution in [3.8, 4) is 0 Å². The van der Waals surface area contributed by atoms with Gasteiger partial charge in [0.15, 0.2) is 0 Å². The third-order valence-electron chi connectivity index (χ3n) is 1.28. The maximum Gasteiger partial charge on any atom is 0.320 e. The summed E-state index contributed by atoms with van der Waals surface area (Å²) in [7, 11) is 0. The summed E-state index contributed by atoms with van der Waals surface area (Å²) >= 11 is 0. The molecule has 1 unspecified atom stereocenters. The molecular formula is C9H11NO2. The minimum atomic E-state index is -2.70. The fourth-order valence-corrected chi connectivity index (χ4v) is 0.730. The lowest BCUT2D eigenvalue weighted by atomic mass is 10.1. The summed E-state index contributed by atoms with van der Waals surface area (Å²) in [6, 6.07) is 4.89. The van der Waals surface area contributed by atoms with E-state index < -0.39 is 18.4 Å². The molecule has 1 aromatic rings. The Hall–Kier alpha value is -1.35. The van der Waals surface area contributed by atoms with Gasteiger partial charge in [0, 0.05) is 2.74 Å². The third-order valence-corrected chi connectivity index (χ3v) is 1.28. The highest BCUT2D eigenvalue weighted by molar-refractivity contribution is 5.73. The van der Waals surface area contributed by atoms with Crippen LogP contribution in [0.4, 0.5) is 0 Å². The second-order valence-corrected chi connectivity index (χ2v) is 2.21. The van der Waals surface area contributed by atoms with Gasteiger partial charge in [-0.25, -0.2) is 0 Å². The lowest BCUT2D eigenvalue weighted by molar-refractivity contribution is -0.138. The summed E-state index contributed by atoms with van der Waals surface area (Å²) in [6.45, 7) is 0. The maximum atomic E-state index is 10.7. The summed E-state index contributed by atoms with van der Waals surface area (Å²) in [4.78, 5) is 10.7. The van der Waals surface area contributed by atoms with E-state index in [0.29, 0.717) is 0 Å². The molecule has 0 radical (unpaired) electrons. The largest absolute Gasteiger partial charge is 0.480 e. The first kappa shape index (κ1) is 5.32. The molecule has 0 spiro atoms. The van der Waals surface area contributed by atoms with Crippen LogP contribution in [-0.2, 0) is 11.2 Å². The monoisotopic (exact) mass is 168 g/mol. The van der Waals surface area contributed by atoms with E-state index in [1.165, 1.54) is 12.1 Å². The van der Waals surface area contributed by atoms with Crippen molar-refractivity contribution in [2.24, 2.45) is 5.73 Å². The predicted octanol–water partition coefficient (Wildman–Crippen LogP) is 0.641. The van der Waals surface area contributed by atoms with Crippen LogP contribution in [0.25, 0.3) is 0 Å². The summed E-state index contributed by atoms with van der Waals surface area (Å²) in [5.74, 6) is -1.70. The first-order valence-corrected chi connectivity index (χ1v) is 3.38. The number of nitrogens with two attached hydrogens (primary N) is 1. The Morgan fingerprint density at radius 1 is 1.67 bits per heavy atom. The average molecular weight is 168 g/mol. The first-order valence-electron chi connectivity index (χ1n) is 4.88. The maximum absolute atomic E-state index is 10.7. The van der Waals surface area contributed by atoms with Crippen LogP contribution < -0.4 is 5.73 Å².